The third-order valence-corrected chi connectivity index (χ3v) is 5.46. The molecule has 0 radical (unpaired) electrons. The van der Waals surface area contributed by atoms with Gasteiger partial charge in [0.25, 0.3) is 0 Å². The van der Waals surface area contributed by atoms with Crippen molar-refractivity contribution in [1.82, 2.24) is 19.6 Å². The van der Waals surface area contributed by atoms with Crippen LogP contribution in [0.25, 0.3) is 27.9 Å². The van der Waals surface area contributed by atoms with Gasteiger partial charge in [0.1, 0.15) is 11.5 Å². The predicted octanol–water partition coefficient (Wildman–Crippen LogP) is 3.90. The highest BCUT2D eigenvalue weighted by atomic mass is 16.3. The summed E-state index contributed by atoms with van der Waals surface area (Å²) in [6, 6.07) is 12.9. The number of aromatic nitrogens is 4. The van der Waals surface area contributed by atoms with Gasteiger partial charge in [-0.1, -0.05) is 11.6 Å². The van der Waals surface area contributed by atoms with Crippen LogP contribution in [0.2, 0.25) is 0 Å². The topological polar surface area (TPSA) is 78.2 Å². The first kappa shape index (κ1) is 16.3. The number of nitrogens with zero attached hydrogens (tertiary/aromatic N) is 3. The standard InChI is InChI=1S/C21H23N5O/c1-13-2-7-17-14(10-13)11-18(24-17)19-12-22-21-9-8-20(25-26(19)21)23-15-3-5-16(27)6-4-15/h2,7-12,15-16,24,27H,3-6H2,1H3,(H,23,25)/t15-,16-. The van der Waals surface area contributed by atoms with Gasteiger partial charge in [0.05, 0.1) is 18.0 Å². The predicted molar refractivity (Wildman–Crippen MR) is 107 cm³/mol. The van der Waals surface area contributed by atoms with Gasteiger partial charge in [0.15, 0.2) is 5.65 Å². The smallest absolute Gasteiger partial charge is 0.154 e. The molecule has 138 valence electrons. The van der Waals surface area contributed by atoms with Crippen LogP contribution < -0.4 is 5.32 Å². The van der Waals surface area contributed by atoms with Crippen molar-refractivity contribution in [3.05, 3.63) is 48.2 Å². The van der Waals surface area contributed by atoms with E-state index in [9.17, 15) is 5.11 Å². The Labute approximate surface area is 157 Å². The number of aliphatic hydroxyl groups excluding tert-OH is 1. The number of hydrogen-bond donors (Lipinski definition) is 3. The molecule has 0 bridgehead atoms. The molecule has 0 amide bonds. The van der Waals surface area contributed by atoms with Gasteiger partial charge < -0.3 is 15.4 Å². The molecule has 27 heavy (non-hydrogen) atoms. The number of benzene rings is 1. The zero-order valence-corrected chi connectivity index (χ0v) is 15.3. The maximum atomic E-state index is 9.69. The molecule has 1 aliphatic carbocycles. The lowest BCUT2D eigenvalue weighted by molar-refractivity contribution is 0.126. The fourth-order valence-corrected chi connectivity index (χ4v) is 3.95. The van der Waals surface area contributed by atoms with Gasteiger partial charge in [-0.15, -0.1) is 5.10 Å². The number of imidazole rings is 1. The molecular weight excluding hydrogens is 338 g/mol. The number of hydrogen-bond acceptors (Lipinski definition) is 4. The summed E-state index contributed by atoms with van der Waals surface area (Å²) in [5.41, 5.74) is 5.13. The molecule has 5 rings (SSSR count). The Balaban J connectivity index is 1.49. The van der Waals surface area contributed by atoms with E-state index in [1.165, 1.54) is 10.9 Å². The van der Waals surface area contributed by atoms with Crippen molar-refractivity contribution in [2.45, 2.75) is 44.8 Å². The van der Waals surface area contributed by atoms with Gasteiger partial charge in [-0.05, 0) is 62.9 Å². The van der Waals surface area contributed by atoms with Crippen molar-refractivity contribution in [3.63, 3.8) is 0 Å². The lowest BCUT2D eigenvalue weighted by atomic mass is 9.93. The Morgan fingerprint density at radius 1 is 1.11 bits per heavy atom. The van der Waals surface area contributed by atoms with Gasteiger partial charge in [-0.25, -0.2) is 9.50 Å². The van der Waals surface area contributed by atoms with E-state index < -0.39 is 0 Å². The second kappa shape index (κ2) is 6.39. The average molecular weight is 361 g/mol. The summed E-state index contributed by atoms with van der Waals surface area (Å²) >= 11 is 0. The molecule has 0 spiro atoms. The van der Waals surface area contributed by atoms with Crippen LogP contribution in [-0.2, 0) is 0 Å². The first-order valence-electron chi connectivity index (χ1n) is 9.55. The summed E-state index contributed by atoms with van der Waals surface area (Å²) in [6.07, 6.45) is 5.36. The molecule has 1 fully saturated rings. The zero-order valence-electron chi connectivity index (χ0n) is 15.3. The number of anilines is 1. The molecule has 6 nitrogen and oxygen atoms in total. The van der Waals surface area contributed by atoms with Crippen molar-refractivity contribution in [2.24, 2.45) is 0 Å². The van der Waals surface area contributed by atoms with Crippen LogP contribution in [0.3, 0.4) is 0 Å². The quantitative estimate of drug-likeness (QED) is 0.517. The van der Waals surface area contributed by atoms with Crippen LogP contribution in [0, 0.1) is 6.92 Å². The molecule has 1 saturated carbocycles. The first-order valence-corrected chi connectivity index (χ1v) is 9.55. The number of aromatic amines is 1. The number of nitrogens with one attached hydrogen (secondary N) is 2. The summed E-state index contributed by atoms with van der Waals surface area (Å²) in [5, 5.41) is 19.2. The zero-order chi connectivity index (χ0) is 18.4. The number of aryl methyl sites for hydroxylation is 1. The molecule has 1 aliphatic rings. The van der Waals surface area contributed by atoms with Crippen LogP contribution in [0.5, 0.6) is 0 Å². The summed E-state index contributed by atoms with van der Waals surface area (Å²) in [6.45, 7) is 2.10. The minimum atomic E-state index is -0.149. The molecule has 6 heteroatoms. The maximum Gasteiger partial charge on any atom is 0.154 e. The van der Waals surface area contributed by atoms with E-state index in [0.717, 1.165) is 54.1 Å². The van der Waals surface area contributed by atoms with Crippen molar-refractivity contribution in [1.29, 1.82) is 0 Å². The van der Waals surface area contributed by atoms with E-state index in [-0.39, 0.29) is 6.10 Å². The van der Waals surface area contributed by atoms with Crippen molar-refractivity contribution >= 4 is 22.4 Å². The summed E-state index contributed by atoms with van der Waals surface area (Å²) in [7, 11) is 0. The van der Waals surface area contributed by atoms with Gasteiger partial charge >= 0.3 is 0 Å². The number of rotatable bonds is 3. The normalized spacial score (nSPS) is 20.4. The van der Waals surface area contributed by atoms with E-state index in [1.54, 1.807) is 0 Å². The Kier molecular flexibility index (Phi) is 3.86. The number of aliphatic hydroxyl groups is 1. The van der Waals surface area contributed by atoms with E-state index in [1.807, 2.05) is 22.8 Å². The maximum absolute atomic E-state index is 9.69. The molecule has 1 aromatic carbocycles. The Morgan fingerprint density at radius 2 is 1.96 bits per heavy atom. The highest BCUT2D eigenvalue weighted by Crippen LogP contribution is 2.26. The van der Waals surface area contributed by atoms with Crippen molar-refractivity contribution in [3.8, 4) is 11.4 Å². The van der Waals surface area contributed by atoms with Gasteiger partial charge in [-0.2, -0.15) is 0 Å². The SMILES string of the molecule is Cc1ccc2[nH]c(-c3cnc4ccc(N[C@H]5CC[C@H](O)CC5)nn34)cc2c1. The fraction of sp³-hybridized carbons (Fsp3) is 0.333. The van der Waals surface area contributed by atoms with Crippen LogP contribution in [0.1, 0.15) is 31.2 Å². The van der Waals surface area contributed by atoms with Crippen LogP contribution in [0.15, 0.2) is 42.6 Å². The number of fused-ring (bicyclic) bond motifs is 2. The Hall–Kier alpha value is -2.86. The Morgan fingerprint density at radius 3 is 2.81 bits per heavy atom. The molecule has 4 aromatic rings. The van der Waals surface area contributed by atoms with E-state index in [4.69, 9.17) is 5.10 Å². The van der Waals surface area contributed by atoms with Gasteiger partial charge in [-0.3, -0.25) is 0 Å². The molecule has 3 N–H and O–H groups in total. The number of H-pyrrole nitrogens is 1. The summed E-state index contributed by atoms with van der Waals surface area (Å²) in [5.74, 6) is 0.843. The molecule has 3 aromatic heterocycles. The minimum absolute atomic E-state index is 0.149. The molecule has 0 unspecified atom stereocenters. The van der Waals surface area contributed by atoms with E-state index >= 15 is 0 Å². The summed E-state index contributed by atoms with van der Waals surface area (Å²) in [4.78, 5) is 7.97. The van der Waals surface area contributed by atoms with E-state index in [0.29, 0.717) is 6.04 Å². The fourth-order valence-electron chi connectivity index (χ4n) is 3.95. The minimum Gasteiger partial charge on any atom is -0.393 e. The summed E-state index contributed by atoms with van der Waals surface area (Å²) < 4.78 is 1.89. The third-order valence-electron chi connectivity index (χ3n) is 5.46. The second-order valence-electron chi connectivity index (χ2n) is 7.56. The van der Waals surface area contributed by atoms with E-state index in [2.05, 4.69) is 46.5 Å². The Bertz CT molecular complexity index is 1100. The van der Waals surface area contributed by atoms with Crippen LogP contribution in [0.4, 0.5) is 5.82 Å². The van der Waals surface area contributed by atoms with Crippen molar-refractivity contribution in [2.75, 3.05) is 5.32 Å². The highest BCUT2D eigenvalue weighted by molar-refractivity contribution is 5.86. The van der Waals surface area contributed by atoms with Gasteiger partial charge in [0, 0.05) is 16.9 Å². The van der Waals surface area contributed by atoms with Crippen LogP contribution >= 0.6 is 0 Å². The lowest BCUT2D eigenvalue weighted by Gasteiger charge is -2.26. The highest BCUT2D eigenvalue weighted by Gasteiger charge is 2.20. The monoisotopic (exact) mass is 361 g/mol. The molecule has 0 atom stereocenters. The molecule has 0 saturated heterocycles. The lowest BCUT2D eigenvalue weighted by Crippen LogP contribution is -2.28. The average Bonchev–Trinajstić information content (AvgIpc) is 3.26. The molecule has 0 aliphatic heterocycles. The second-order valence-corrected chi connectivity index (χ2v) is 7.56. The largest absolute Gasteiger partial charge is 0.393 e. The van der Waals surface area contributed by atoms with Crippen molar-refractivity contribution < 1.29 is 5.11 Å². The van der Waals surface area contributed by atoms with Gasteiger partial charge in [0.2, 0.25) is 0 Å². The van der Waals surface area contributed by atoms with Crippen LogP contribution in [-0.4, -0.2) is 36.8 Å². The molecule has 3 heterocycles. The molecular formula is C21H23N5O. The third kappa shape index (κ3) is 3.06. The first-order chi connectivity index (χ1) is 13.2.